The number of thioether (sulfide) groups is 1. The molecule has 6 nitrogen and oxygen atoms in total. The van der Waals surface area contributed by atoms with Crippen LogP contribution in [0, 0.1) is 0 Å². The Morgan fingerprint density at radius 2 is 2.19 bits per heavy atom. The van der Waals surface area contributed by atoms with Gasteiger partial charge in [-0.05, 0) is 24.0 Å². The average molecular weight is 366 g/mol. The Hall–Kier alpha value is -1.03. The van der Waals surface area contributed by atoms with Gasteiger partial charge in [0.15, 0.2) is 4.34 Å². The fourth-order valence-corrected chi connectivity index (χ4v) is 4.78. The van der Waals surface area contributed by atoms with Gasteiger partial charge in [0.25, 0.3) is 10.0 Å². The maximum absolute atomic E-state index is 12.4. The molecule has 1 aromatic heterocycles. The summed E-state index contributed by atoms with van der Waals surface area (Å²) in [6.45, 7) is 1.98. The van der Waals surface area contributed by atoms with Gasteiger partial charge in [0.2, 0.25) is 5.13 Å². The minimum atomic E-state index is -3.84. The quantitative estimate of drug-likeness (QED) is 0.792. The van der Waals surface area contributed by atoms with E-state index in [1.165, 1.54) is 42.3 Å². The van der Waals surface area contributed by atoms with Gasteiger partial charge in [0, 0.05) is 5.02 Å². The summed E-state index contributed by atoms with van der Waals surface area (Å²) in [5.74, 6) is 1.04. The Kier molecular flexibility index (Phi) is 5.31. The van der Waals surface area contributed by atoms with Crippen LogP contribution in [0.2, 0.25) is 5.02 Å². The molecule has 0 spiro atoms. The molecule has 1 N–H and O–H groups in total. The van der Waals surface area contributed by atoms with Gasteiger partial charge >= 0.3 is 0 Å². The second-order valence-corrected chi connectivity index (χ2v) is 8.28. The van der Waals surface area contributed by atoms with Crippen LogP contribution in [0.4, 0.5) is 5.13 Å². The number of benzene rings is 1. The lowest BCUT2D eigenvalue weighted by atomic mass is 10.3. The topological polar surface area (TPSA) is 81.2 Å². The molecule has 0 bridgehead atoms. The van der Waals surface area contributed by atoms with Crippen LogP contribution in [-0.2, 0) is 10.0 Å². The average Bonchev–Trinajstić information content (AvgIpc) is 2.86. The number of nitrogens with one attached hydrogen (secondary N) is 1. The predicted octanol–water partition coefficient (Wildman–Crippen LogP) is 3.11. The number of nitrogens with zero attached hydrogens (tertiary/aromatic N) is 2. The number of rotatable bonds is 6. The molecule has 0 radical (unpaired) electrons. The first-order valence-electron chi connectivity index (χ1n) is 5.79. The molecule has 10 heteroatoms. The van der Waals surface area contributed by atoms with E-state index in [-0.39, 0.29) is 15.8 Å². The largest absolute Gasteiger partial charge is 0.495 e. The zero-order chi connectivity index (χ0) is 15.5. The Morgan fingerprint density at radius 1 is 1.43 bits per heavy atom. The van der Waals surface area contributed by atoms with E-state index in [9.17, 15) is 8.42 Å². The van der Waals surface area contributed by atoms with E-state index in [0.29, 0.717) is 9.36 Å². The standard InChI is InChI=1S/C11H12ClN3O3S3/c1-3-19-11-14-13-10(20-11)15-21(16,17)9-6-7(12)4-5-8(9)18-2/h4-6H,3H2,1-2H3,(H,13,15). The Bertz CT molecular complexity index is 733. The molecule has 1 aromatic carbocycles. The van der Waals surface area contributed by atoms with Crippen LogP contribution >= 0.6 is 34.7 Å². The molecule has 2 rings (SSSR count). The number of methoxy groups -OCH3 is 1. The van der Waals surface area contributed by atoms with Crippen molar-refractivity contribution in [3.63, 3.8) is 0 Å². The molecule has 21 heavy (non-hydrogen) atoms. The van der Waals surface area contributed by atoms with Gasteiger partial charge in [0.1, 0.15) is 10.6 Å². The summed E-state index contributed by atoms with van der Waals surface area (Å²) in [5.41, 5.74) is 0. The van der Waals surface area contributed by atoms with Crippen LogP contribution in [0.25, 0.3) is 0 Å². The van der Waals surface area contributed by atoms with Crippen molar-refractivity contribution >= 4 is 49.9 Å². The van der Waals surface area contributed by atoms with Crippen molar-refractivity contribution in [3.8, 4) is 5.75 Å². The van der Waals surface area contributed by atoms with E-state index in [1.54, 1.807) is 6.07 Å². The molecule has 0 aliphatic heterocycles. The van der Waals surface area contributed by atoms with E-state index < -0.39 is 10.0 Å². The van der Waals surface area contributed by atoms with Crippen molar-refractivity contribution in [3.05, 3.63) is 23.2 Å². The first-order chi connectivity index (χ1) is 9.96. The number of hydrogen-bond donors (Lipinski definition) is 1. The highest BCUT2D eigenvalue weighted by molar-refractivity contribution is 8.01. The molecular formula is C11H12ClN3O3S3. The lowest BCUT2D eigenvalue weighted by molar-refractivity contribution is 0.403. The van der Waals surface area contributed by atoms with E-state index in [2.05, 4.69) is 14.9 Å². The molecule has 0 saturated heterocycles. The Morgan fingerprint density at radius 3 is 2.86 bits per heavy atom. The summed E-state index contributed by atoms with van der Waals surface area (Å²) in [5, 5.41) is 8.20. The fraction of sp³-hybridized carbons (Fsp3) is 0.273. The second kappa shape index (κ2) is 6.82. The monoisotopic (exact) mass is 365 g/mol. The van der Waals surface area contributed by atoms with Crippen molar-refractivity contribution in [1.82, 2.24) is 10.2 Å². The smallest absolute Gasteiger partial charge is 0.267 e. The van der Waals surface area contributed by atoms with Gasteiger partial charge < -0.3 is 4.74 Å². The molecule has 0 saturated carbocycles. The van der Waals surface area contributed by atoms with E-state index >= 15 is 0 Å². The summed E-state index contributed by atoms with van der Waals surface area (Å²) < 4.78 is 32.9. The molecule has 0 aliphatic rings. The van der Waals surface area contributed by atoms with Gasteiger partial charge in [-0.2, -0.15) is 0 Å². The number of anilines is 1. The van der Waals surface area contributed by atoms with Crippen molar-refractivity contribution in [2.75, 3.05) is 17.6 Å². The molecule has 0 fully saturated rings. The van der Waals surface area contributed by atoms with E-state index in [4.69, 9.17) is 16.3 Å². The third-order valence-electron chi connectivity index (χ3n) is 2.31. The molecule has 0 atom stereocenters. The predicted molar refractivity (Wildman–Crippen MR) is 85.1 cm³/mol. The maximum atomic E-state index is 12.4. The SMILES string of the molecule is CCSc1nnc(NS(=O)(=O)c2cc(Cl)ccc2OC)s1. The zero-order valence-electron chi connectivity index (χ0n) is 11.2. The van der Waals surface area contributed by atoms with Crippen LogP contribution in [0.15, 0.2) is 27.4 Å². The number of hydrogen-bond acceptors (Lipinski definition) is 7. The van der Waals surface area contributed by atoms with Crippen molar-refractivity contribution < 1.29 is 13.2 Å². The Labute approximate surface area is 135 Å². The number of aromatic nitrogens is 2. The van der Waals surface area contributed by atoms with Gasteiger partial charge in [-0.25, -0.2) is 8.42 Å². The number of halogens is 1. The van der Waals surface area contributed by atoms with Crippen LogP contribution in [0.1, 0.15) is 6.92 Å². The maximum Gasteiger partial charge on any atom is 0.267 e. The first-order valence-corrected chi connectivity index (χ1v) is 9.45. The molecule has 114 valence electrons. The van der Waals surface area contributed by atoms with Gasteiger partial charge in [-0.15, -0.1) is 10.2 Å². The van der Waals surface area contributed by atoms with Crippen molar-refractivity contribution in [2.24, 2.45) is 0 Å². The highest BCUT2D eigenvalue weighted by atomic mass is 35.5. The molecule has 0 unspecified atom stereocenters. The first kappa shape index (κ1) is 16.3. The molecule has 0 amide bonds. The van der Waals surface area contributed by atoms with Crippen molar-refractivity contribution in [1.29, 1.82) is 0 Å². The van der Waals surface area contributed by atoms with Gasteiger partial charge in [-0.1, -0.05) is 41.6 Å². The summed E-state index contributed by atoms with van der Waals surface area (Å²) in [4.78, 5) is -0.0441. The summed E-state index contributed by atoms with van der Waals surface area (Å²) >= 11 is 8.52. The molecule has 1 heterocycles. The van der Waals surface area contributed by atoms with Crippen LogP contribution < -0.4 is 9.46 Å². The lowest BCUT2D eigenvalue weighted by Crippen LogP contribution is -2.14. The minimum Gasteiger partial charge on any atom is -0.495 e. The second-order valence-electron chi connectivity index (χ2n) is 3.71. The molecule has 0 aliphatic carbocycles. The van der Waals surface area contributed by atoms with Crippen LogP contribution in [0.5, 0.6) is 5.75 Å². The fourth-order valence-electron chi connectivity index (χ4n) is 1.46. The summed E-state index contributed by atoms with van der Waals surface area (Å²) in [7, 11) is -2.45. The molecular weight excluding hydrogens is 354 g/mol. The summed E-state index contributed by atoms with van der Waals surface area (Å²) in [6.07, 6.45) is 0. The zero-order valence-corrected chi connectivity index (χ0v) is 14.4. The third-order valence-corrected chi connectivity index (χ3v) is 5.89. The van der Waals surface area contributed by atoms with E-state index in [0.717, 1.165) is 5.75 Å². The minimum absolute atomic E-state index is 0.0441. The van der Waals surface area contributed by atoms with Crippen LogP contribution in [-0.4, -0.2) is 31.5 Å². The number of sulfonamides is 1. The van der Waals surface area contributed by atoms with E-state index in [1.807, 2.05) is 6.92 Å². The van der Waals surface area contributed by atoms with Gasteiger partial charge in [-0.3, -0.25) is 4.72 Å². The normalized spacial score (nSPS) is 11.4. The Balaban J connectivity index is 2.31. The summed E-state index contributed by atoms with van der Waals surface area (Å²) in [6, 6.07) is 4.38. The van der Waals surface area contributed by atoms with Crippen molar-refractivity contribution in [2.45, 2.75) is 16.2 Å². The number of ether oxygens (including phenoxy) is 1. The lowest BCUT2D eigenvalue weighted by Gasteiger charge is -2.09. The van der Waals surface area contributed by atoms with Gasteiger partial charge in [0.05, 0.1) is 7.11 Å². The molecule has 2 aromatic rings. The third kappa shape index (κ3) is 4.00. The highest BCUT2D eigenvalue weighted by Crippen LogP contribution is 2.31. The van der Waals surface area contributed by atoms with Crippen LogP contribution in [0.3, 0.4) is 0 Å². The highest BCUT2D eigenvalue weighted by Gasteiger charge is 2.22.